The molecule has 0 aromatic heterocycles. The molecule has 0 unspecified atom stereocenters. The molecule has 1 aliphatic rings. The molecule has 1 saturated heterocycles. The Morgan fingerprint density at radius 1 is 1.30 bits per heavy atom. The van der Waals surface area contributed by atoms with E-state index in [9.17, 15) is 14.9 Å². The minimum absolute atomic E-state index is 0.00756. The van der Waals surface area contributed by atoms with Crippen LogP contribution in [0.3, 0.4) is 0 Å². The summed E-state index contributed by atoms with van der Waals surface area (Å²) in [5.41, 5.74) is 2.74. The molecular formula is C19H19ClN2O4S. The fraction of sp³-hybridized carbons (Fsp3) is 0.316. The molecule has 1 aliphatic heterocycles. The van der Waals surface area contributed by atoms with Crippen LogP contribution in [0.5, 0.6) is 5.75 Å². The van der Waals surface area contributed by atoms with Gasteiger partial charge in [0.2, 0.25) is 5.91 Å². The van der Waals surface area contributed by atoms with Gasteiger partial charge >= 0.3 is 0 Å². The van der Waals surface area contributed by atoms with Gasteiger partial charge in [0.05, 0.1) is 17.2 Å². The van der Waals surface area contributed by atoms with Crippen LogP contribution in [0, 0.1) is 24.0 Å². The Morgan fingerprint density at radius 2 is 2.07 bits per heavy atom. The van der Waals surface area contributed by atoms with Crippen LogP contribution in [-0.2, 0) is 4.79 Å². The largest absolute Gasteiger partial charge is 0.491 e. The van der Waals surface area contributed by atoms with E-state index in [-0.39, 0.29) is 22.0 Å². The number of thioether (sulfide) groups is 1. The van der Waals surface area contributed by atoms with Crippen molar-refractivity contribution in [3.63, 3.8) is 0 Å². The van der Waals surface area contributed by atoms with Crippen LogP contribution in [0.4, 0.5) is 5.69 Å². The molecule has 0 N–H and O–H groups in total. The second kappa shape index (κ2) is 8.19. The van der Waals surface area contributed by atoms with Crippen LogP contribution >= 0.6 is 23.4 Å². The first kappa shape index (κ1) is 19.5. The number of ether oxygens (including phenoxy) is 1. The maximum atomic E-state index is 12.3. The van der Waals surface area contributed by atoms with Crippen molar-refractivity contribution in [2.75, 3.05) is 18.9 Å². The highest BCUT2D eigenvalue weighted by Crippen LogP contribution is 2.40. The van der Waals surface area contributed by atoms with Gasteiger partial charge in [0.1, 0.15) is 22.8 Å². The number of rotatable bonds is 6. The van der Waals surface area contributed by atoms with Crippen molar-refractivity contribution < 1.29 is 14.5 Å². The molecule has 27 heavy (non-hydrogen) atoms. The lowest BCUT2D eigenvalue weighted by molar-refractivity contribution is -0.384. The van der Waals surface area contributed by atoms with Gasteiger partial charge in [-0.2, -0.15) is 0 Å². The summed E-state index contributed by atoms with van der Waals surface area (Å²) in [6, 6.07) is 10.6. The van der Waals surface area contributed by atoms with Crippen molar-refractivity contribution in [3.8, 4) is 5.75 Å². The number of nitro benzene ring substituents is 1. The van der Waals surface area contributed by atoms with Crippen LogP contribution < -0.4 is 4.74 Å². The molecule has 1 amide bonds. The van der Waals surface area contributed by atoms with Crippen LogP contribution in [0.15, 0.2) is 36.4 Å². The number of nitro groups is 1. The van der Waals surface area contributed by atoms with E-state index in [1.54, 1.807) is 11.0 Å². The van der Waals surface area contributed by atoms with Gasteiger partial charge < -0.3 is 9.64 Å². The Hall–Kier alpha value is -2.25. The SMILES string of the molecule is Cc1ccc(OCCN2C(=O)CS[C@@H]2c2ccc(Cl)c([N+](=O)[O-])c2)c(C)c1. The Labute approximate surface area is 166 Å². The molecule has 2 aromatic carbocycles. The highest BCUT2D eigenvalue weighted by atomic mass is 35.5. The van der Waals surface area contributed by atoms with Crippen molar-refractivity contribution in [2.24, 2.45) is 0 Å². The molecule has 1 heterocycles. The monoisotopic (exact) mass is 406 g/mol. The summed E-state index contributed by atoms with van der Waals surface area (Å²) in [6.45, 7) is 4.75. The van der Waals surface area contributed by atoms with E-state index in [1.807, 2.05) is 32.0 Å². The van der Waals surface area contributed by atoms with Gasteiger partial charge in [-0.25, -0.2) is 0 Å². The number of aryl methyl sites for hydroxylation is 2. The molecular weight excluding hydrogens is 388 g/mol. The van der Waals surface area contributed by atoms with Crippen LogP contribution in [-0.4, -0.2) is 34.6 Å². The third-order valence-electron chi connectivity index (χ3n) is 4.34. The first-order chi connectivity index (χ1) is 12.9. The molecule has 8 heteroatoms. The molecule has 0 bridgehead atoms. The molecule has 0 radical (unpaired) electrons. The topological polar surface area (TPSA) is 72.7 Å². The molecule has 0 spiro atoms. The third kappa shape index (κ3) is 4.36. The summed E-state index contributed by atoms with van der Waals surface area (Å²) >= 11 is 7.34. The maximum absolute atomic E-state index is 12.3. The number of hydrogen-bond donors (Lipinski definition) is 0. The zero-order valence-electron chi connectivity index (χ0n) is 15.0. The number of halogens is 1. The first-order valence-corrected chi connectivity index (χ1v) is 9.84. The quantitative estimate of drug-likeness (QED) is 0.521. The van der Waals surface area contributed by atoms with E-state index in [2.05, 4.69) is 0 Å². The van der Waals surface area contributed by atoms with Crippen molar-refractivity contribution >= 4 is 35.0 Å². The molecule has 1 fully saturated rings. The molecule has 3 rings (SSSR count). The molecule has 2 aromatic rings. The highest BCUT2D eigenvalue weighted by molar-refractivity contribution is 8.00. The predicted molar refractivity (Wildman–Crippen MR) is 106 cm³/mol. The highest BCUT2D eigenvalue weighted by Gasteiger charge is 2.33. The minimum atomic E-state index is -0.513. The summed E-state index contributed by atoms with van der Waals surface area (Å²) in [7, 11) is 0. The van der Waals surface area contributed by atoms with Crippen molar-refractivity contribution in [2.45, 2.75) is 19.2 Å². The number of carbonyl (C=O) groups excluding carboxylic acids is 1. The Kier molecular flexibility index (Phi) is 5.92. The predicted octanol–water partition coefficient (Wildman–Crippen LogP) is 4.52. The second-order valence-electron chi connectivity index (χ2n) is 6.34. The Bertz CT molecular complexity index is 890. The summed E-state index contributed by atoms with van der Waals surface area (Å²) < 4.78 is 5.83. The molecule has 0 saturated carbocycles. The summed E-state index contributed by atoms with van der Waals surface area (Å²) in [6.07, 6.45) is 0. The Balaban J connectivity index is 1.71. The number of nitrogens with zero attached hydrogens (tertiary/aromatic N) is 2. The standard InChI is InChI=1S/C19H19ClN2O4S/c1-12-3-6-17(13(2)9-12)26-8-7-21-18(23)11-27-19(21)14-4-5-15(20)16(10-14)22(24)25/h3-6,9-10,19H,7-8,11H2,1-2H3/t19-/m1/s1. The lowest BCUT2D eigenvalue weighted by Crippen LogP contribution is -2.32. The minimum Gasteiger partial charge on any atom is -0.491 e. The Morgan fingerprint density at radius 3 is 2.78 bits per heavy atom. The average molecular weight is 407 g/mol. The van der Waals surface area contributed by atoms with E-state index in [1.165, 1.54) is 23.9 Å². The van der Waals surface area contributed by atoms with Crippen molar-refractivity contribution in [3.05, 3.63) is 68.2 Å². The normalized spacial score (nSPS) is 16.6. The van der Waals surface area contributed by atoms with Crippen molar-refractivity contribution in [1.29, 1.82) is 0 Å². The van der Waals surface area contributed by atoms with E-state index in [4.69, 9.17) is 16.3 Å². The molecule has 1 atom stereocenters. The molecule has 142 valence electrons. The first-order valence-electron chi connectivity index (χ1n) is 8.42. The van der Waals surface area contributed by atoms with Gasteiger partial charge in [-0.3, -0.25) is 14.9 Å². The van der Waals surface area contributed by atoms with Gasteiger partial charge in [0.15, 0.2) is 0 Å². The van der Waals surface area contributed by atoms with E-state index in [0.717, 1.165) is 16.9 Å². The number of amides is 1. The van der Waals surface area contributed by atoms with Gasteiger partial charge in [-0.05, 0) is 37.1 Å². The van der Waals surface area contributed by atoms with E-state index in [0.29, 0.717) is 24.5 Å². The van der Waals surface area contributed by atoms with Gasteiger partial charge in [-0.15, -0.1) is 11.8 Å². The van der Waals surface area contributed by atoms with E-state index < -0.39 is 4.92 Å². The summed E-state index contributed by atoms with van der Waals surface area (Å²) in [4.78, 5) is 24.6. The number of carbonyl (C=O) groups is 1. The zero-order chi connectivity index (χ0) is 19.6. The van der Waals surface area contributed by atoms with Gasteiger partial charge in [0, 0.05) is 6.07 Å². The molecule has 6 nitrogen and oxygen atoms in total. The second-order valence-corrected chi connectivity index (χ2v) is 7.81. The number of benzene rings is 2. The van der Waals surface area contributed by atoms with Gasteiger partial charge in [-0.1, -0.05) is 35.4 Å². The fourth-order valence-electron chi connectivity index (χ4n) is 3.01. The van der Waals surface area contributed by atoms with Crippen molar-refractivity contribution in [1.82, 2.24) is 4.90 Å². The maximum Gasteiger partial charge on any atom is 0.288 e. The number of hydrogen-bond acceptors (Lipinski definition) is 5. The lowest BCUT2D eigenvalue weighted by Gasteiger charge is -2.24. The van der Waals surface area contributed by atoms with Crippen LogP contribution in [0.2, 0.25) is 5.02 Å². The fourth-order valence-corrected chi connectivity index (χ4v) is 4.41. The third-order valence-corrected chi connectivity index (χ3v) is 5.92. The van der Waals surface area contributed by atoms with Gasteiger partial charge in [0.25, 0.3) is 5.69 Å². The smallest absolute Gasteiger partial charge is 0.288 e. The zero-order valence-corrected chi connectivity index (χ0v) is 16.5. The lowest BCUT2D eigenvalue weighted by atomic mass is 10.1. The van der Waals surface area contributed by atoms with E-state index >= 15 is 0 Å². The summed E-state index contributed by atoms with van der Waals surface area (Å²) in [5.74, 6) is 1.12. The van der Waals surface area contributed by atoms with Crippen LogP contribution in [0.25, 0.3) is 0 Å². The molecule has 0 aliphatic carbocycles. The van der Waals surface area contributed by atoms with Crippen LogP contribution in [0.1, 0.15) is 22.1 Å². The average Bonchev–Trinajstić information content (AvgIpc) is 2.98. The summed E-state index contributed by atoms with van der Waals surface area (Å²) in [5, 5.41) is 10.9.